The van der Waals surface area contributed by atoms with Gasteiger partial charge in [-0.15, -0.1) is 0 Å². The third kappa shape index (κ3) is 3.58. The van der Waals surface area contributed by atoms with Gasteiger partial charge in [0, 0.05) is 17.5 Å². The smallest absolute Gasteiger partial charge is 0.00968 e. The molecular weight excluding hydrogens is 218 g/mol. The van der Waals surface area contributed by atoms with Crippen LogP contribution in [0.4, 0.5) is 0 Å². The fraction of sp³-hybridized carbons (Fsp3) is 0.647. The van der Waals surface area contributed by atoms with E-state index >= 15 is 0 Å². The molecule has 0 unspecified atom stereocenters. The summed E-state index contributed by atoms with van der Waals surface area (Å²) in [6, 6.07) is 8.82. The van der Waals surface area contributed by atoms with Crippen LogP contribution in [0.25, 0.3) is 0 Å². The molecule has 1 nitrogen and oxygen atoms in total. The molecule has 0 fully saturated rings. The Morgan fingerprint density at radius 3 is 2.00 bits per heavy atom. The van der Waals surface area contributed by atoms with Crippen molar-refractivity contribution >= 4 is 0 Å². The monoisotopic (exact) mass is 247 g/mol. The molecule has 102 valence electrons. The van der Waals surface area contributed by atoms with Crippen molar-refractivity contribution in [1.29, 1.82) is 0 Å². The van der Waals surface area contributed by atoms with Crippen LogP contribution in [0.3, 0.4) is 0 Å². The Bertz CT molecular complexity index is 369. The van der Waals surface area contributed by atoms with Crippen LogP contribution < -0.4 is 5.32 Å². The number of benzene rings is 1. The summed E-state index contributed by atoms with van der Waals surface area (Å²) in [4.78, 5) is 0. The van der Waals surface area contributed by atoms with Crippen molar-refractivity contribution < 1.29 is 0 Å². The highest BCUT2D eigenvalue weighted by molar-refractivity contribution is 5.33. The van der Waals surface area contributed by atoms with Crippen LogP contribution in [0.5, 0.6) is 0 Å². The molecule has 1 N–H and O–H groups in total. The molecule has 0 amide bonds. The molecule has 0 aliphatic rings. The molecule has 1 heteroatoms. The molecule has 18 heavy (non-hydrogen) atoms. The summed E-state index contributed by atoms with van der Waals surface area (Å²) in [5.74, 6) is 0. The molecular formula is C17H29N. The summed E-state index contributed by atoms with van der Waals surface area (Å²) in [5, 5.41) is 3.69. The molecule has 1 rings (SSSR count). The van der Waals surface area contributed by atoms with Crippen molar-refractivity contribution in [3.05, 3.63) is 35.4 Å². The van der Waals surface area contributed by atoms with Gasteiger partial charge in [0.1, 0.15) is 0 Å². The van der Waals surface area contributed by atoms with Crippen LogP contribution in [0.2, 0.25) is 0 Å². The predicted octanol–water partition coefficient (Wildman–Crippen LogP) is 4.44. The minimum atomic E-state index is 0.179. The Labute approximate surface area is 113 Å². The maximum atomic E-state index is 3.69. The largest absolute Gasteiger partial charge is 0.311 e. The van der Waals surface area contributed by atoms with Gasteiger partial charge >= 0.3 is 0 Å². The summed E-state index contributed by atoms with van der Waals surface area (Å²) >= 11 is 0. The molecule has 0 aliphatic carbocycles. The van der Waals surface area contributed by atoms with Crippen molar-refractivity contribution in [2.75, 3.05) is 6.54 Å². The number of aryl methyl sites for hydroxylation is 1. The number of hydrogen-bond acceptors (Lipinski definition) is 1. The number of rotatable bonds is 5. The van der Waals surface area contributed by atoms with Crippen LogP contribution in [0.15, 0.2) is 24.3 Å². The molecule has 0 aliphatic heterocycles. The fourth-order valence-corrected chi connectivity index (χ4v) is 2.58. The van der Waals surface area contributed by atoms with Gasteiger partial charge in [0.2, 0.25) is 0 Å². The molecule has 0 aromatic heterocycles. The molecule has 0 atom stereocenters. The van der Waals surface area contributed by atoms with Crippen LogP contribution in [-0.2, 0) is 5.41 Å². The van der Waals surface area contributed by atoms with E-state index in [0.717, 1.165) is 6.54 Å². The van der Waals surface area contributed by atoms with Gasteiger partial charge in [0.15, 0.2) is 0 Å². The molecule has 0 saturated heterocycles. The van der Waals surface area contributed by atoms with Crippen molar-refractivity contribution in [3.8, 4) is 0 Å². The molecule has 0 radical (unpaired) electrons. The van der Waals surface area contributed by atoms with E-state index in [4.69, 9.17) is 0 Å². The first-order chi connectivity index (χ1) is 8.34. The maximum absolute atomic E-state index is 3.69. The van der Waals surface area contributed by atoms with E-state index in [1.165, 1.54) is 24.0 Å². The average Bonchev–Trinajstić information content (AvgIpc) is 2.31. The van der Waals surface area contributed by atoms with Gasteiger partial charge in [-0.05, 0) is 51.7 Å². The van der Waals surface area contributed by atoms with Gasteiger partial charge in [-0.1, -0.05) is 38.1 Å². The fourth-order valence-electron chi connectivity index (χ4n) is 2.58. The van der Waals surface area contributed by atoms with Crippen molar-refractivity contribution in [2.24, 2.45) is 0 Å². The Morgan fingerprint density at radius 2 is 1.56 bits per heavy atom. The predicted molar refractivity (Wildman–Crippen MR) is 81.2 cm³/mol. The van der Waals surface area contributed by atoms with Gasteiger partial charge < -0.3 is 5.32 Å². The van der Waals surface area contributed by atoms with Crippen LogP contribution in [0.1, 0.15) is 58.6 Å². The lowest BCUT2D eigenvalue weighted by Gasteiger charge is -2.37. The van der Waals surface area contributed by atoms with Crippen molar-refractivity contribution in [3.63, 3.8) is 0 Å². The third-order valence-corrected chi connectivity index (χ3v) is 4.03. The molecule has 1 aromatic carbocycles. The molecule has 0 bridgehead atoms. The van der Waals surface area contributed by atoms with E-state index in [0.29, 0.717) is 0 Å². The summed E-state index contributed by atoms with van der Waals surface area (Å²) in [6.45, 7) is 14.6. The zero-order chi connectivity index (χ0) is 13.8. The first-order valence-electron chi connectivity index (χ1n) is 7.16. The lowest BCUT2D eigenvalue weighted by atomic mass is 9.73. The highest BCUT2D eigenvalue weighted by Crippen LogP contribution is 2.33. The Hall–Kier alpha value is -0.820. The van der Waals surface area contributed by atoms with E-state index < -0.39 is 0 Å². The second-order valence-corrected chi connectivity index (χ2v) is 6.41. The average molecular weight is 247 g/mol. The molecule has 0 saturated carbocycles. The second kappa shape index (κ2) is 5.88. The first kappa shape index (κ1) is 15.2. The zero-order valence-electron chi connectivity index (χ0n) is 12.9. The van der Waals surface area contributed by atoms with Gasteiger partial charge in [-0.2, -0.15) is 0 Å². The molecule has 1 aromatic rings. The Balaban J connectivity index is 3.04. The number of nitrogens with one attached hydrogen (secondary N) is 1. The first-order valence-corrected chi connectivity index (χ1v) is 7.16. The topological polar surface area (TPSA) is 12.0 Å². The number of hydrogen-bond donors (Lipinski definition) is 1. The third-order valence-electron chi connectivity index (χ3n) is 4.03. The Kier molecular flexibility index (Phi) is 4.98. The SMILES string of the molecule is CCC(CC)(CNC(C)(C)C)c1ccccc1C. The van der Waals surface area contributed by atoms with Crippen LogP contribution >= 0.6 is 0 Å². The minimum absolute atomic E-state index is 0.179. The van der Waals surface area contributed by atoms with Crippen LogP contribution in [-0.4, -0.2) is 12.1 Å². The summed E-state index contributed by atoms with van der Waals surface area (Å²) < 4.78 is 0. The van der Waals surface area contributed by atoms with E-state index in [9.17, 15) is 0 Å². The van der Waals surface area contributed by atoms with Gasteiger partial charge in [-0.25, -0.2) is 0 Å². The molecule has 0 spiro atoms. The second-order valence-electron chi connectivity index (χ2n) is 6.41. The van der Waals surface area contributed by atoms with Gasteiger partial charge in [0.05, 0.1) is 0 Å². The van der Waals surface area contributed by atoms with Gasteiger partial charge in [-0.3, -0.25) is 0 Å². The highest BCUT2D eigenvalue weighted by Gasteiger charge is 2.30. The normalized spacial score (nSPS) is 12.8. The van der Waals surface area contributed by atoms with E-state index in [1.807, 2.05) is 0 Å². The van der Waals surface area contributed by atoms with Crippen molar-refractivity contribution in [2.45, 2.75) is 65.3 Å². The summed E-state index contributed by atoms with van der Waals surface area (Å²) in [6.07, 6.45) is 2.36. The maximum Gasteiger partial charge on any atom is 0.00968 e. The lowest BCUT2D eigenvalue weighted by Crippen LogP contribution is -2.46. The standard InChI is InChI=1S/C17H29N/c1-7-17(8-2,13-18-16(4,5)6)15-12-10-9-11-14(15)3/h9-12,18H,7-8,13H2,1-6H3. The molecule has 0 heterocycles. The van der Waals surface area contributed by atoms with E-state index in [1.54, 1.807) is 0 Å². The highest BCUT2D eigenvalue weighted by atomic mass is 15.0. The van der Waals surface area contributed by atoms with Crippen molar-refractivity contribution in [1.82, 2.24) is 5.32 Å². The van der Waals surface area contributed by atoms with E-state index in [2.05, 4.69) is 71.1 Å². The van der Waals surface area contributed by atoms with Gasteiger partial charge in [0.25, 0.3) is 0 Å². The van der Waals surface area contributed by atoms with E-state index in [-0.39, 0.29) is 11.0 Å². The Morgan fingerprint density at radius 1 is 1.00 bits per heavy atom. The summed E-state index contributed by atoms with van der Waals surface area (Å²) in [7, 11) is 0. The lowest BCUT2D eigenvalue weighted by molar-refractivity contribution is 0.312. The minimum Gasteiger partial charge on any atom is -0.311 e. The quantitative estimate of drug-likeness (QED) is 0.811. The van der Waals surface area contributed by atoms with Crippen LogP contribution in [0, 0.1) is 6.92 Å². The summed E-state index contributed by atoms with van der Waals surface area (Å²) in [5.41, 5.74) is 3.36. The zero-order valence-corrected chi connectivity index (χ0v) is 12.9.